The van der Waals surface area contributed by atoms with Crippen LogP contribution in [0.4, 0.5) is 0 Å². The lowest BCUT2D eigenvalue weighted by Crippen LogP contribution is -2.77. The zero-order valence-electron chi connectivity index (χ0n) is 24.8. The van der Waals surface area contributed by atoms with E-state index >= 15 is 0 Å². The normalized spacial score (nSPS) is 32.3. The Kier molecular flexibility index (Phi) is 7.46. The first-order valence-electron chi connectivity index (χ1n) is 13.6. The predicted octanol–water partition coefficient (Wildman–Crippen LogP) is 0.663. The molecule has 6 atom stereocenters. The highest BCUT2D eigenvalue weighted by Crippen LogP contribution is 2.49. The van der Waals surface area contributed by atoms with E-state index < -0.39 is 65.8 Å². The third-order valence-electron chi connectivity index (χ3n) is 9.12. The zero-order valence-corrected chi connectivity index (χ0v) is 24.8. The second-order valence-corrected chi connectivity index (χ2v) is 11.0. The largest absolute Gasteiger partial charge is 0.492 e. The van der Waals surface area contributed by atoms with Crippen LogP contribution in [0.5, 0.6) is 0 Å². The number of methoxy groups -OCH3 is 3. The van der Waals surface area contributed by atoms with Crippen LogP contribution in [-0.2, 0) is 42.9 Å². The molecule has 0 amide bonds. The number of carbonyl (C=O) groups is 5. The molecule has 1 N–H and O–H groups in total. The van der Waals surface area contributed by atoms with E-state index in [0.717, 1.165) is 0 Å². The van der Waals surface area contributed by atoms with Crippen LogP contribution in [0.15, 0.2) is 56.6 Å². The number of esters is 1. The Morgan fingerprint density at radius 2 is 1.48 bits per heavy atom. The van der Waals surface area contributed by atoms with Crippen molar-refractivity contribution in [2.45, 2.75) is 70.8 Å². The van der Waals surface area contributed by atoms with Gasteiger partial charge in [0.25, 0.3) is 0 Å². The second-order valence-electron chi connectivity index (χ2n) is 11.0. The SMILES string of the molecule is C/C=C(/C)C(=O)O[C@H]1C2=C(C[C@H]3[C@H]4C5=C(C(=O)C(C)=C(OC)C5=O)[C@H](OC)[C@@H]([C@H](O)N13)N4C)C(=O)C(C)=C(OC)C2=O. The highest BCUT2D eigenvalue weighted by atomic mass is 16.6. The standard InChI is InChI=1S/C30H34N2O10/c1-9-11(2)30(38)42-29-16-14(21(33)12(3)25(39-6)23(16)35)10-15-19-17-18(22(34)13(4)26(40-7)24(17)36)27(41-8)20(31(19)5)28(37)32(15)29/h9,15,19-20,27-29,37H,10H2,1-8H3/b11-9-/t15-,19-,20-,27-,28-,29-/m0/s1. The van der Waals surface area contributed by atoms with Gasteiger partial charge in [-0.1, -0.05) is 6.08 Å². The van der Waals surface area contributed by atoms with E-state index in [1.807, 2.05) is 0 Å². The Hall–Kier alpha value is -3.71. The van der Waals surface area contributed by atoms with Gasteiger partial charge in [0.2, 0.25) is 11.6 Å². The van der Waals surface area contributed by atoms with Crippen molar-refractivity contribution in [3.63, 3.8) is 0 Å². The fourth-order valence-corrected chi connectivity index (χ4v) is 6.97. The molecule has 5 aliphatic rings. The van der Waals surface area contributed by atoms with Crippen molar-refractivity contribution in [3.05, 3.63) is 56.6 Å². The van der Waals surface area contributed by atoms with Gasteiger partial charge < -0.3 is 24.1 Å². The number of hydrogen-bond acceptors (Lipinski definition) is 12. The highest BCUT2D eigenvalue weighted by molar-refractivity contribution is 6.26. The third-order valence-corrected chi connectivity index (χ3v) is 9.12. The number of likely N-dealkylation sites (N-methyl/N-ethyl adjacent to an activating group) is 1. The Labute approximate surface area is 242 Å². The van der Waals surface area contributed by atoms with Gasteiger partial charge in [-0.2, -0.15) is 0 Å². The molecule has 0 aromatic heterocycles. The molecule has 12 heteroatoms. The fourth-order valence-electron chi connectivity index (χ4n) is 6.97. The average Bonchev–Trinajstić information content (AvgIpc) is 2.96. The van der Waals surface area contributed by atoms with Crippen molar-refractivity contribution in [1.82, 2.24) is 9.80 Å². The molecule has 0 unspecified atom stereocenters. The maximum absolute atomic E-state index is 13.9. The fraction of sp³-hybridized carbons (Fsp3) is 0.500. The van der Waals surface area contributed by atoms with Gasteiger partial charge in [-0.05, 0) is 41.2 Å². The Morgan fingerprint density at radius 3 is 2.02 bits per heavy atom. The van der Waals surface area contributed by atoms with Crippen LogP contribution in [0.25, 0.3) is 0 Å². The molecule has 5 rings (SSSR count). The van der Waals surface area contributed by atoms with Crippen LogP contribution in [-0.4, -0.2) is 109 Å². The second kappa shape index (κ2) is 10.5. The molecule has 1 fully saturated rings. The van der Waals surface area contributed by atoms with Crippen molar-refractivity contribution in [3.8, 4) is 0 Å². The van der Waals surface area contributed by atoms with Gasteiger partial charge in [0.15, 0.2) is 29.3 Å². The minimum atomic E-state index is -1.50. The van der Waals surface area contributed by atoms with Crippen molar-refractivity contribution in [1.29, 1.82) is 0 Å². The number of nitrogens with zero attached hydrogens (tertiary/aromatic N) is 2. The Bertz CT molecular complexity index is 1490. The number of ether oxygens (including phenoxy) is 4. The van der Waals surface area contributed by atoms with Gasteiger partial charge in [-0.25, -0.2) is 9.69 Å². The number of fused-ring (bicyclic) bond motifs is 5. The molecule has 0 spiro atoms. The summed E-state index contributed by atoms with van der Waals surface area (Å²) in [6, 6.07) is -2.64. The number of piperazine rings is 1. The van der Waals surface area contributed by atoms with E-state index in [4.69, 9.17) is 18.9 Å². The molecule has 0 aromatic carbocycles. The number of Topliss-reactive ketones (excluding diaryl/α,β-unsaturated/α-hetero) is 4. The van der Waals surface area contributed by atoms with Crippen LogP contribution in [0.2, 0.25) is 0 Å². The number of aliphatic hydroxyl groups excluding tert-OH is 1. The molecule has 224 valence electrons. The molecule has 0 saturated carbocycles. The lowest BCUT2D eigenvalue weighted by molar-refractivity contribution is -0.220. The summed E-state index contributed by atoms with van der Waals surface area (Å²) in [5.74, 6) is -3.10. The first kappa shape index (κ1) is 29.8. The molecule has 0 radical (unpaired) electrons. The van der Waals surface area contributed by atoms with Crippen LogP contribution < -0.4 is 0 Å². The van der Waals surface area contributed by atoms with Crippen LogP contribution in [0, 0.1) is 0 Å². The van der Waals surface area contributed by atoms with E-state index in [9.17, 15) is 29.1 Å². The molecule has 2 aliphatic carbocycles. The van der Waals surface area contributed by atoms with Crippen molar-refractivity contribution in [2.75, 3.05) is 28.4 Å². The Morgan fingerprint density at radius 1 is 0.905 bits per heavy atom. The summed E-state index contributed by atoms with van der Waals surface area (Å²) in [4.78, 5) is 71.3. The van der Waals surface area contributed by atoms with Crippen molar-refractivity contribution >= 4 is 29.1 Å². The van der Waals surface area contributed by atoms with E-state index in [1.165, 1.54) is 53.1 Å². The molecular formula is C30H34N2O10. The predicted molar refractivity (Wildman–Crippen MR) is 145 cm³/mol. The number of allylic oxidation sites excluding steroid dienone is 5. The van der Waals surface area contributed by atoms with Crippen LogP contribution in [0.3, 0.4) is 0 Å². The van der Waals surface area contributed by atoms with Crippen molar-refractivity contribution in [2.24, 2.45) is 0 Å². The zero-order chi connectivity index (χ0) is 30.9. The first-order chi connectivity index (χ1) is 19.9. The summed E-state index contributed by atoms with van der Waals surface area (Å²) in [5, 5.41) is 12.0. The van der Waals surface area contributed by atoms with Gasteiger partial charge in [-0.15, -0.1) is 0 Å². The number of rotatable bonds is 5. The molecule has 12 nitrogen and oxygen atoms in total. The van der Waals surface area contributed by atoms with E-state index in [2.05, 4.69) is 0 Å². The maximum Gasteiger partial charge on any atom is 0.335 e. The minimum absolute atomic E-state index is 0.0788. The summed E-state index contributed by atoms with van der Waals surface area (Å²) in [6.45, 7) is 6.16. The molecule has 1 saturated heterocycles. The van der Waals surface area contributed by atoms with Gasteiger partial charge >= 0.3 is 5.97 Å². The number of aliphatic hydroxyl groups is 1. The highest BCUT2D eigenvalue weighted by Gasteiger charge is 2.63. The quantitative estimate of drug-likeness (QED) is 0.276. The van der Waals surface area contributed by atoms with Gasteiger partial charge in [0, 0.05) is 46.6 Å². The van der Waals surface area contributed by atoms with Crippen LogP contribution >= 0.6 is 0 Å². The topological polar surface area (TPSA) is 149 Å². The monoisotopic (exact) mass is 582 g/mol. The molecule has 0 aromatic rings. The first-order valence-corrected chi connectivity index (χ1v) is 13.6. The van der Waals surface area contributed by atoms with Gasteiger partial charge in [0.1, 0.15) is 12.3 Å². The molecule has 2 bridgehead atoms. The number of hydrogen-bond donors (Lipinski definition) is 1. The van der Waals surface area contributed by atoms with E-state index in [-0.39, 0.29) is 57.0 Å². The maximum atomic E-state index is 13.9. The lowest BCUT2D eigenvalue weighted by atomic mass is 9.68. The van der Waals surface area contributed by atoms with Gasteiger partial charge in [0.05, 0.1) is 31.9 Å². The van der Waals surface area contributed by atoms with Crippen molar-refractivity contribution < 1.29 is 48.0 Å². The van der Waals surface area contributed by atoms with E-state index in [1.54, 1.807) is 18.9 Å². The summed E-state index contributed by atoms with van der Waals surface area (Å²) in [6.07, 6.45) is -2.55. The summed E-state index contributed by atoms with van der Waals surface area (Å²) in [7, 11) is 5.64. The molecule has 3 heterocycles. The number of carbonyl (C=O) groups excluding carboxylic acids is 5. The molecular weight excluding hydrogens is 548 g/mol. The molecule has 42 heavy (non-hydrogen) atoms. The van der Waals surface area contributed by atoms with Crippen LogP contribution in [0.1, 0.15) is 34.1 Å². The number of ketones is 4. The Balaban J connectivity index is 1.76. The summed E-state index contributed by atoms with van der Waals surface area (Å²) >= 11 is 0. The minimum Gasteiger partial charge on any atom is -0.492 e. The van der Waals surface area contributed by atoms with E-state index in [0.29, 0.717) is 0 Å². The molecule has 3 aliphatic heterocycles. The average molecular weight is 583 g/mol. The smallest absolute Gasteiger partial charge is 0.335 e. The lowest BCUT2D eigenvalue weighted by Gasteiger charge is -2.61. The van der Waals surface area contributed by atoms with Gasteiger partial charge in [-0.3, -0.25) is 24.1 Å². The summed E-state index contributed by atoms with van der Waals surface area (Å²) < 4.78 is 22.3. The third kappa shape index (κ3) is 3.85. The summed E-state index contributed by atoms with van der Waals surface area (Å²) in [5.41, 5.74) is 0.690.